The van der Waals surface area contributed by atoms with Crippen LogP contribution in [-0.2, 0) is 27.3 Å². The van der Waals surface area contributed by atoms with Gasteiger partial charge < -0.3 is 45.3 Å². The predicted molar refractivity (Wildman–Crippen MR) is 208 cm³/mol. The molecule has 9 nitrogen and oxygen atoms in total. The van der Waals surface area contributed by atoms with Crippen LogP contribution in [0.25, 0.3) is 10.8 Å². The molecule has 9 heteroatoms. The summed E-state index contributed by atoms with van der Waals surface area (Å²) in [5, 5.41) is 16.9. The maximum atomic E-state index is 5.95. The number of rotatable bonds is 0. The van der Waals surface area contributed by atoms with E-state index in [1.165, 1.54) is 33.3 Å². The minimum atomic E-state index is 0.589. The van der Waals surface area contributed by atoms with E-state index < -0.39 is 0 Å². The summed E-state index contributed by atoms with van der Waals surface area (Å²) in [4.78, 5) is 4.99. The van der Waals surface area contributed by atoms with E-state index in [1.54, 1.807) is 0 Å². The second-order valence-corrected chi connectivity index (χ2v) is 13.2. The molecule has 0 saturated carbocycles. The van der Waals surface area contributed by atoms with Crippen LogP contribution >= 0.6 is 0 Å². The maximum Gasteiger partial charge on any atom is 0.0701 e. The highest BCUT2D eigenvalue weighted by molar-refractivity contribution is 5.89. The fraction of sp³-hybridized carbons (Fsp3) is 0.463. The average Bonchev–Trinajstić information content (AvgIpc) is 3.14. The van der Waals surface area contributed by atoms with Crippen LogP contribution in [0.1, 0.15) is 30.4 Å². The molecule has 4 N–H and O–H groups in total. The summed E-state index contributed by atoms with van der Waals surface area (Å²) in [6, 6.07) is 31.5. The molecule has 0 aliphatic carbocycles. The Labute approximate surface area is 298 Å². The highest BCUT2D eigenvalue weighted by atomic mass is 16.5. The highest BCUT2D eigenvalue weighted by Gasteiger charge is 2.13. The van der Waals surface area contributed by atoms with E-state index >= 15 is 0 Å². The first-order chi connectivity index (χ1) is 24.8. The molecule has 4 aromatic rings. The van der Waals surface area contributed by atoms with Crippen LogP contribution in [0, 0.1) is 0 Å². The second kappa shape index (κ2) is 20.1. The number of fused-ring (bicyclic) bond motifs is 4. The molecule has 2 aliphatic heterocycles. The van der Waals surface area contributed by atoms with Gasteiger partial charge in [-0.05, 0) is 103 Å². The van der Waals surface area contributed by atoms with Gasteiger partial charge in [0.15, 0.2) is 0 Å². The van der Waals surface area contributed by atoms with Crippen molar-refractivity contribution < 1.29 is 14.2 Å². The van der Waals surface area contributed by atoms with Crippen molar-refractivity contribution in [2.24, 2.45) is 0 Å². The zero-order valence-electron chi connectivity index (χ0n) is 29.6. The Bertz CT molecular complexity index is 1470. The smallest absolute Gasteiger partial charge is 0.0701 e. The fourth-order valence-corrected chi connectivity index (χ4v) is 6.65. The van der Waals surface area contributed by atoms with Crippen LogP contribution < -0.4 is 31.1 Å². The van der Waals surface area contributed by atoms with Crippen molar-refractivity contribution in [2.45, 2.75) is 32.4 Å². The van der Waals surface area contributed by atoms with E-state index in [9.17, 15) is 0 Å². The van der Waals surface area contributed by atoms with E-state index in [4.69, 9.17) is 14.2 Å². The van der Waals surface area contributed by atoms with Crippen LogP contribution in [0.2, 0.25) is 0 Å². The van der Waals surface area contributed by atoms with E-state index in [0.29, 0.717) is 39.6 Å². The van der Waals surface area contributed by atoms with Crippen molar-refractivity contribution in [3.8, 4) is 0 Å². The first kappa shape index (κ1) is 35.9. The zero-order chi connectivity index (χ0) is 34.1. The van der Waals surface area contributed by atoms with Gasteiger partial charge in [-0.15, -0.1) is 0 Å². The van der Waals surface area contributed by atoms with E-state index in [2.05, 4.69) is 116 Å². The van der Waals surface area contributed by atoms with Crippen molar-refractivity contribution in [2.75, 3.05) is 112 Å². The Balaban J connectivity index is 1.30. The molecule has 0 saturated heterocycles. The third-order valence-corrected chi connectivity index (χ3v) is 9.28. The molecule has 0 spiro atoms. The summed E-state index contributed by atoms with van der Waals surface area (Å²) in [5.41, 5.74) is 7.36. The second-order valence-electron chi connectivity index (χ2n) is 13.2. The van der Waals surface area contributed by atoms with Crippen molar-refractivity contribution in [1.29, 1.82) is 0 Å². The third-order valence-electron chi connectivity index (χ3n) is 9.28. The lowest BCUT2D eigenvalue weighted by Crippen LogP contribution is -2.28. The van der Waals surface area contributed by atoms with Crippen LogP contribution in [0.4, 0.5) is 22.7 Å². The minimum absolute atomic E-state index is 0.589. The first-order valence-electron chi connectivity index (χ1n) is 18.6. The van der Waals surface area contributed by atoms with Gasteiger partial charge in [-0.3, -0.25) is 0 Å². The van der Waals surface area contributed by atoms with E-state index in [1.807, 2.05) is 0 Å². The normalized spacial score (nSPS) is 18.7. The largest absolute Gasteiger partial charge is 0.384 e. The van der Waals surface area contributed by atoms with Crippen molar-refractivity contribution >= 4 is 33.5 Å². The van der Waals surface area contributed by atoms with E-state index in [0.717, 1.165) is 96.1 Å². The molecule has 0 amide bonds. The molecule has 9 bridgehead atoms. The molecule has 268 valence electrons. The average molecular weight is 681 g/mol. The number of hydrogen-bond acceptors (Lipinski definition) is 9. The molecule has 0 fully saturated rings. The number of benzene rings is 4. The van der Waals surface area contributed by atoms with Gasteiger partial charge >= 0.3 is 0 Å². The number of nitrogens with one attached hydrogen (secondary N) is 4. The number of anilines is 4. The highest BCUT2D eigenvalue weighted by Crippen LogP contribution is 2.29. The lowest BCUT2D eigenvalue weighted by molar-refractivity contribution is 0.0142. The van der Waals surface area contributed by atoms with Gasteiger partial charge in [-0.25, -0.2) is 0 Å². The Morgan fingerprint density at radius 2 is 0.940 bits per heavy atom. The summed E-state index contributed by atoms with van der Waals surface area (Å²) in [5.74, 6) is 0. The molecule has 2 aliphatic rings. The van der Waals surface area contributed by atoms with Gasteiger partial charge in [0.2, 0.25) is 0 Å². The summed E-state index contributed by atoms with van der Waals surface area (Å²) < 4.78 is 17.7. The minimum Gasteiger partial charge on any atom is -0.384 e. The molecule has 2 heterocycles. The molecule has 0 atom stereocenters. The quantitative estimate of drug-likeness (QED) is 0.176. The Hall–Kier alpha value is -3.86. The number of hydrogen-bond donors (Lipinski definition) is 4. The van der Waals surface area contributed by atoms with Gasteiger partial charge in [-0.2, -0.15) is 0 Å². The summed E-state index contributed by atoms with van der Waals surface area (Å²) in [7, 11) is 0. The van der Waals surface area contributed by atoms with Gasteiger partial charge in [0.25, 0.3) is 0 Å². The van der Waals surface area contributed by atoms with Gasteiger partial charge in [0.1, 0.15) is 0 Å². The predicted octanol–water partition coefficient (Wildman–Crippen LogP) is 6.10. The molecule has 0 radical (unpaired) electrons. The molecule has 50 heavy (non-hydrogen) atoms. The van der Waals surface area contributed by atoms with Crippen LogP contribution in [-0.4, -0.2) is 92.0 Å². The zero-order valence-corrected chi connectivity index (χ0v) is 29.6. The lowest BCUT2D eigenvalue weighted by atomic mass is 10.1. The van der Waals surface area contributed by atoms with Crippen LogP contribution in [0.5, 0.6) is 0 Å². The standard InChI is InChI=1S/C41H56N6O3/c1-6-34-28-38(8-1)44-18-16-42-14-3-15-43-17-19-45-39-9-2-7-35(29-39)33-47-21-5-23-49-25-27-50-26-24-48-22-4-20-46(32-34)40-12-10-36-11-13-41(47)31-37(36)30-40/h1-2,6-13,28-31,42-45H,3-5,14-27,32-33H2. The fourth-order valence-electron chi connectivity index (χ4n) is 6.65. The Kier molecular flexibility index (Phi) is 14.5. The molecule has 4 aromatic carbocycles. The van der Waals surface area contributed by atoms with Crippen molar-refractivity contribution in [1.82, 2.24) is 10.6 Å². The SMILES string of the molecule is c1cc2cc(c1)NCCNCCCNCCNc1cccc(c1)CN1CCCOCCOCCOCCCN(C2)c2ccc3ccc1cc3c2. The number of nitrogens with zero attached hydrogens (tertiary/aromatic N) is 2. The van der Waals surface area contributed by atoms with Crippen molar-refractivity contribution in [3.05, 3.63) is 96.1 Å². The van der Waals surface area contributed by atoms with Crippen LogP contribution in [0.3, 0.4) is 0 Å². The maximum absolute atomic E-state index is 5.95. The topological polar surface area (TPSA) is 82.3 Å². The monoisotopic (exact) mass is 680 g/mol. The number of ether oxygens (including phenoxy) is 3. The van der Waals surface area contributed by atoms with Gasteiger partial charge in [0.05, 0.1) is 26.4 Å². The lowest BCUT2D eigenvalue weighted by Gasteiger charge is -2.27. The summed E-state index contributed by atoms with van der Waals surface area (Å²) in [6.07, 6.45) is 2.97. The summed E-state index contributed by atoms with van der Waals surface area (Å²) in [6.45, 7) is 12.9. The Morgan fingerprint density at radius 3 is 1.46 bits per heavy atom. The van der Waals surface area contributed by atoms with E-state index in [-0.39, 0.29) is 0 Å². The molecule has 0 aromatic heterocycles. The van der Waals surface area contributed by atoms with Crippen molar-refractivity contribution in [3.63, 3.8) is 0 Å². The Morgan fingerprint density at radius 1 is 0.440 bits per heavy atom. The van der Waals surface area contributed by atoms with Gasteiger partial charge in [0, 0.05) is 88.3 Å². The van der Waals surface area contributed by atoms with Gasteiger partial charge in [-0.1, -0.05) is 36.4 Å². The third kappa shape index (κ3) is 11.6. The van der Waals surface area contributed by atoms with Crippen LogP contribution in [0.15, 0.2) is 84.9 Å². The summed E-state index contributed by atoms with van der Waals surface area (Å²) >= 11 is 0. The first-order valence-corrected chi connectivity index (χ1v) is 18.6. The molecular weight excluding hydrogens is 624 g/mol. The molecule has 6 rings (SSSR count). The molecule has 0 unspecified atom stereocenters. The molecular formula is C41H56N6O3.